The molecule has 1 aliphatic heterocycles. The molecule has 14 nitrogen and oxygen atoms in total. The van der Waals surface area contributed by atoms with Crippen molar-refractivity contribution in [2.45, 2.75) is 45.0 Å². The highest BCUT2D eigenvalue weighted by Crippen LogP contribution is 2.24. The van der Waals surface area contributed by atoms with Gasteiger partial charge in [0.25, 0.3) is 0 Å². The lowest BCUT2D eigenvalue weighted by Gasteiger charge is -2.32. The molecule has 0 spiro atoms. The topological polar surface area (TPSA) is 214 Å². The monoisotopic (exact) mass is 711 g/mol. The summed E-state index contributed by atoms with van der Waals surface area (Å²) in [5.41, 5.74) is 8.12. The number of piperidine rings is 1. The van der Waals surface area contributed by atoms with E-state index in [2.05, 4.69) is 20.4 Å². The molecule has 3 rings (SSSR count). The lowest BCUT2D eigenvalue weighted by atomic mass is 9.95. The van der Waals surface area contributed by atoms with E-state index in [-0.39, 0.29) is 36.7 Å². The van der Waals surface area contributed by atoms with Crippen LogP contribution in [0, 0.1) is 5.92 Å². The van der Waals surface area contributed by atoms with Crippen LogP contribution in [0.1, 0.15) is 37.3 Å². The van der Waals surface area contributed by atoms with Gasteiger partial charge in [-0.2, -0.15) is 26.3 Å². The smallest absolute Gasteiger partial charge is 0.490 e. The highest BCUT2D eigenvalue weighted by molar-refractivity contribution is 5.97. The number of halogens is 6. The third-order valence-electron chi connectivity index (χ3n) is 6.41. The number of aromatic nitrogens is 1. The molecule has 1 amide bonds. The second kappa shape index (κ2) is 20.2. The second-order valence-corrected chi connectivity index (χ2v) is 9.82. The number of ether oxygens (including phenoxy) is 2. The van der Waals surface area contributed by atoms with Crippen LogP contribution in [0.25, 0.3) is 0 Å². The molecule has 0 aliphatic carbocycles. The molecule has 0 bridgehead atoms. The predicted molar refractivity (Wildman–Crippen MR) is 159 cm³/mol. The Morgan fingerprint density at radius 1 is 1.00 bits per heavy atom. The number of pyridine rings is 1. The van der Waals surface area contributed by atoms with Crippen molar-refractivity contribution in [3.63, 3.8) is 0 Å². The van der Waals surface area contributed by atoms with E-state index in [1.807, 2.05) is 12.1 Å². The fourth-order valence-electron chi connectivity index (χ4n) is 4.02. The number of carbonyl (C=O) groups excluding carboxylic acids is 2. The lowest BCUT2D eigenvalue weighted by molar-refractivity contribution is -0.193. The van der Waals surface area contributed by atoms with Gasteiger partial charge in [-0.25, -0.2) is 9.59 Å². The van der Waals surface area contributed by atoms with Crippen molar-refractivity contribution in [1.82, 2.24) is 10.3 Å². The minimum atomic E-state index is -5.08. The Hall–Kier alpha value is -5.30. The molecule has 20 heteroatoms. The Bertz CT molecular complexity index is 1380. The second-order valence-electron chi connectivity index (χ2n) is 9.82. The Morgan fingerprint density at radius 3 is 2.04 bits per heavy atom. The number of benzene rings is 1. The molecule has 2 heterocycles. The van der Waals surface area contributed by atoms with Crippen LogP contribution < -0.4 is 20.7 Å². The first-order chi connectivity index (χ1) is 22.9. The predicted octanol–water partition coefficient (Wildman–Crippen LogP) is 3.35. The van der Waals surface area contributed by atoms with E-state index in [0.29, 0.717) is 30.9 Å². The molecule has 0 unspecified atom stereocenters. The molecule has 0 saturated carbocycles. The normalized spacial score (nSPS) is 13.5. The quantitative estimate of drug-likeness (QED) is 0.0432. The zero-order valence-corrected chi connectivity index (χ0v) is 26.0. The van der Waals surface area contributed by atoms with Crippen LogP contribution in [0.3, 0.4) is 0 Å². The molecule has 1 aliphatic rings. The average molecular weight is 712 g/mol. The number of carboxylic acid groups (broad SMARTS) is 2. The van der Waals surface area contributed by atoms with E-state index >= 15 is 0 Å². The number of hydrogen-bond donors (Lipinski definition) is 5. The summed E-state index contributed by atoms with van der Waals surface area (Å²) in [5, 5.41) is 29.2. The van der Waals surface area contributed by atoms with Crippen LogP contribution in [-0.2, 0) is 30.3 Å². The Balaban J connectivity index is 0.000000717. The minimum absolute atomic E-state index is 0.0240. The van der Waals surface area contributed by atoms with E-state index in [1.54, 1.807) is 37.5 Å². The van der Waals surface area contributed by atoms with Gasteiger partial charge in [0.05, 0.1) is 13.2 Å². The lowest BCUT2D eigenvalue weighted by Crippen LogP contribution is -2.41. The number of nitrogens with zero attached hydrogens (tertiary/aromatic N) is 3. The van der Waals surface area contributed by atoms with Gasteiger partial charge >= 0.3 is 30.3 Å². The molecular weight excluding hydrogens is 676 g/mol. The van der Waals surface area contributed by atoms with Gasteiger partial charge in [-0.1, -0.05) is 17.3 Å². The van der Waals surface area contributed by atoms with Crippen LogP contribution in [0.2, 0.25) is 0 Å². The molecule has 1 aromatic carbocycles. The Labute approximate surface area is 275 Å². The molecule has 2 aromatic rings. The summed E-state index contributed by atoms with van der Waals surface area (Å²) in [5.74, 6) is -5.34. The summed E-state index contributed by atoms with van der Waals surface area (Å²) in [4.78, 5) is 48.5. The highest BCUT2D eigenvalue weighted by Gasteiger charge is 2.39. The van der Waals surface area contributed by atoms with Gasteiger partial charge in [-0.05, 0) is 49.9 Å². The first-order valence-corrected chi connectivity index (χ1v) is 14.3. The van der Waals surface area contributed by atoms with Crippen molar-refractivity contribution < 1.29 is 70.4 Å². The van der Waals surface area contributed by atoms with Crippen LogP contribution >= 0.6 is 0 Å². The van der Waals surface area contributed by atoms with E-state index in [9.17, 15) is 35.9 Å². The first kappa shape index (κ1) is 41.7. The molecule has 6 N–H and O–H groups in total. The largest absolute Gasteiger partial charge is 0.491 e. The maximum atomic E-state index is 12.6. The van der Waals surface area contributed by atoms with Crippen molar-refractivity contribution in [1.29, 1.82) is 0 Å². The first-order valence-electron chi connectivity index (χ1n) is 14.3. The number of amides is 1. The number of anilines is 1. The molecule has 49 heavy (non-hydrogen) atoms. The van der Waals surface area contributed by atoms with Crippen LogP contribution in [0.4, 0.5) is 32.0 Å². The van der Waals surface area contributed by atoms with Gasteiger partial charge in [0.1, 0.15) is 12.4 Å². The number of rotatable bonds is 11. The van der Waals surface area contributed by atoms with Crippen molar-refractivity contribution in [3.05, 3.63) is 53.9 Å². The standard InChI is InChI=1S/C25H33N5O5.2C2HF3O2/c1-2-34-23(31)6-5-18-3-4-20(24(26)29-33)17-22(18)35-16-13-28-25(32)19-9-14-30(15-10-19)21-7-11-27-12-8-21;2*3-2(4,5)1(6)7/h3-4,7-8,11-12,17,19,33H,2,5-6,9-10,13-16H2,1H3,(H2,26,29)(H,28,32);2*(H,6,7). The van der Waals surface area contributed by atoms with Gasteiger partial charge in [-0.15, -0.1) is 0 Å². The van der Waals surface area contributed by atoms with E-state index in [0.717, 1.165) is 37.2 Å². The summed E-state index contributed by atoms with van der Waals surface area (Å²) < 4.78 is 74.4. The number of aryl methyl sites for hydroxylation is 1. The molecule has 0 atom stereocenters. The third-order valence-corrected chi connectivity index (χ3v) is 6.41. The molecule has 1 aromatic heterocycles. The van der Waals surface area contributed by atoms with E-state index < -0.39 is 24.3 Å². The van der Waals surface area contributed by atoms with Crippen molar-refractivity contribution in [2.24, 2.45) is 16.8 Å². The molecule has 1 saturated heterocycles. The maximum Gasteiger partial charge on any atom is 0.490 e. The van der Waals surface area contributed by atoms with E-state index in [1.165, 1.54) is 0 Å². The van der Waals surface area contributed by atoms with E-state index in [4.69, 9.17) is 40.2 Å². The molecule has 1 fully saturated rings. The van der Waals surface area contributed by atoms with Crippen LogP contribution in [-0.4, -0.2) is 95.3 Å². The zero-order chi connectivity index (χ0) is 37.2. The summed E-state index contributed by atoms with van der Waals surface area (Å²) >= 11 is 0. The summed E-state index contributed by atoms with van der Waals surface area (Å²) in [6.45, 7) is 4.32. The number of hydrogen-bond acceptors (Lipinski definition) is 10. The maximum absolute atomic E-state index is 12.6. The van der Waals surface area contributed by atoms with Crippen molar-refractivity contribution in [3.8, 4) is 5.75 Å². The Morgan fingerprint density at radius 2 is 1.55 bits per heavy atom. The molecule has 0 radical (unpaired) electrons. The highest BCUT2D eigenvalue weighted by atomic mass is 19.4. The summed E-state index contributed by atoms with van der Waals surface area (Å²) in [6, 6.07) is 9.09. The van der Waals surface area contributed by atoms with Crippen LogP contribution in [0.5, 0.6) is 5.75 Å². The summed E-state index contributed by atoms with van der Waals surface area (Å²) in [7, 11) is 0. The number of carbonyl (C=O) groups is 4. The molecular formula is C29H35F6N5O9. The summed E-state index contributed by atoms with van der Waals surface area (Å²) in [6.07, 6.45) is -4.41. The number of oxime groups is 1. The van der Waals surface area contributed by atoms with Gasteiger partial charge in [0.15, 0.2) is 5.84 Å². The van der Waals surface area contributed by atoms with Crippen molar-refractivity contribution in [2.75, 3.05) is 37.7 Å². The van der Waals surface area contributed by atoms with Gasteiger partial charge in [-0.3, -0.25) is 14.6 Å². The molecule has 272 valence electrons. The number of nitrogens with one attached hydrogen (secondary N) is 1. The van der Waals surface area contributed by atoms with Crippen molar-refractivity contribution >= 4 is 35.3 Å². The average Bonchev–Trinajstić information content (AvgIpc) is 3.05. The number of esters is 1. The SMILES string of the molecule is CCOC(=O)CCc1ccc(C(N)=NO)cc1OCCNC(=O)C1CCN(c2ccncc2)CC1.O=C(O)C(F)(F)F.O=C(O)C(F)(F)F. The fourth-order valence-corrected chi connectivity index (χ4v) is 4.02. The number of carboxylic acids is 2. The fraction of sp³-hybridized carbons (Fsp3) is 0.448. The number of alkyl halides is 6. The van der Waals surface area contributed by atoms with Gasteiger partial charge < -0.3 is 40.8 Å². The number of aliphatic carboxylic acids is 2. The minimum Gasteiger partial charge on any atom is -0.491 e. The van der Waals surface area contributed by atoms with Gasteiger partial charge in [0.2, 0.25) is 5.91 Å². The van der Waals surface area contributed by atoms with Crippen LogP contribution in [0.15, 0.2) is 47.9 Å². The third kappa shape index (κ3) is 15.9. The number of amidine groups is 1. The zero-order valence-electron chi connectivity index (χ0n) is 26.0. The number of nitrogens with two attached hydrogens (primary N) is 1. The van der Waals surface area contributed by atoms with Gasteiger partial charge in [0, 0.05) is 49.1 Å². The Kier molecular flexibility index (Phi) is 17.2.